The number of carbonyl (C=O) groups excluding carboxylic acids is 1. The third-order valence-corrected chi connectivity index (χ3v) is 5.30. The molecule has 0 spiro atoms. The van der Waals surface area contributed by atoms with Crippen LogP contribution in [-0.2, 0) is 11.0 Å². The molecule has 13 heteroatoms. The van der Waals surface area contributed by atoms with Crippen molar-refractivity contribution in [2.75, 3.05) is 50.7 Å². The van der Waals surface area contributed by atoms with E-state index in [-0.39, 0.29) is 25.5 Å². The fraction of sp³-hybridized carbons (Fsp3) is 0.588. The normalized spacial score (nSPS) is 18.0. The number of piperazine rings is 1. The molecule has 2 fully saturated rings. The minimum Gasteiger partial charge on any atom is -0.358 e. The highest BCUT2D eigenvalue weighted by Gasteiger charge is 2.39. The van der Waals surface area contributed by atoms with Gasteiger partial charge in [-0.15, -0.1) is 0 Å². The molecular formula is C17H20F3N5O5. The van der Waals surface area contributed by atoms with E-state index in [1.807, 2.05) is 4.90 Å². The average molecular weight is 431 g/mol. The molecule has 30 heavy (non-hydrogen) atoms. The Balaban J connectivity index is 1.81. The lowest BCUT2D eigenvalue weighted by molar-refractivity contribution is -0.393. The fourth-order valence-electron chi connectivity index (χ4n) is 3.76. The first-order valence-corrected chi connectivity index (χ1v) is 9.37. The molecule has 10 nitrogen and oxygen atoms in total. The lowest BCUT2D eigenvalue weighted by Crippen LogP contribution is -2.50. The second-order valence-corrected chi connectivity index (χ2v) is 7.23. The highest BCUT2D eigenvalue weighted by Crippen LogP contribution is 2.43. The van der Waals surface area contributed by atoms with Crippen LogP contribution in [0.3, 0.4) is 0 Å². The van der Waals surface area contributed by atoms with Gasteiger partial charge in [-0.05, 0) is 12.8 Å². The highest BCUT2D eigenvalue weighted by atomic mass is 19.4. The molecule has 1 aromatic rings. The molecule has 1 amide bonds. The molecule has 164 valence electrons. The molecule has 1 aromatic carbocycles. The van der Waals surface area contributed by atoms with E-state index in [9.17, 15) is 38.2 Å². The van der Waals surface area contributed by atoms with Crippen molar-refractivity contribution in [1.82, 2.24) is 9.80 Å². The van der Waals surface area contributed by atoms with Crippen LogP contribution >= 0.6 is 0 Å². The molecule has 0 N–H and O–H groups in total. The van der Waals surface area contributed by atoms with Crippen molar-refractivity contribution in [3.63, 3.8) is 0 Å². The fourth-order valence-corrected chi connectivity index (χ4v) is 3.76. The number of nitro benzene ring substituents is 2. The van der Waals surface area contributed by atoms with E-state index in [1.54, 1.807) is 4.90 Å². The van der Waals surface area contributed by atoms with Crippen LogP contribution in [0.25, 0.3) is 0 Å². The van der Waals surface area contributed by atoms with Gasteiger partial charge in [0.1, 0.15) is 0 Å². The second kappa shape index (κ2) is 8.42. The number of hydrogen-bond donors (Lipinski definition) is 0. The standard InChI is InChI=1S/C17H20F3N5O5/c18-17(19,20)12-9-13(24(27)28)16(14(10-12)25(29)30)23-7-5-21(6-8-23)11-15(26)22-3-1-2-4-22/h9-10H,1-8,11H2. The minimum atomic E-state index is -4.96. The summed E-state index contributed by atoms with van der Waals surface area (Å²) in [7, 11) is 0. The van der Waals surface area contributed by atoms with Gasteiger partial charge in [0.25, 0.3) is 11.4 Å². The number of nitro groups is 2. The first kappa shape index (κ1) is 21.7. The molecule has 0 saturated carbocycles. The summed E-state index contributed by atoms with van der Waals surface area (Å²) >= 11 is 0. The Morgan fingerprint density at radius 3 is 1.87 bits per heavy atom. The summed E-state index contributed by atoms with van der Waals surface area (Å²) in [6, 6.07) is 0.650. The molecule has 3 rings (SSSR count). The van der Waals surface area contributed by atoms with E-state index < -0.39 is 38.6 Å². The Kier molecular flexibility index (Phi) is 6.10. The molecule has 2 aliphatic rings. The van der Waals surface area contributed by atoms with Crippen molar-refractivity contribution >= 4 is 23.0 Å². The number of carbonyl (C=O) groups is 1. The van der Waals surface area contributed by atoms with Crippen LogP contribution in [0.15, 0.2) is 12.1 Å². The summed E-state index contributed by atoms with van der Waals surface area (Å²) in [6.45, 7) is 2.42. The molecule has 2 saturated heterocycles. The lowest BCUT2D eigenvalue weighted by atomic mass is 10.1. The Morgan fingerprint density at radius 2 is 1.43 bits per heavy atom. The molecule has 0 aromatic heterocycles. The number of anilines is 1. The van der Waals surface area contributed by atoms with Crippen molar-refractivity contribution in [3.05, 3.63) is 37.9 Å². The van der Waals surface area contributed by atoms with Gasteiger partial charge >= 0.3 is 6.18 Å². The van der Waals surface area contributed by atoms with Crippen LogP contribution in [0.2, 0.25) is 0 Å². The summed E-state index contributed by atoms with van der Waals surface area (Å²) < 4.78 is 39.1. The number of halogens is 3. The molecule has 0 unspecified atom stereocenters. The van der Waals surface area contributed by atoms with Gasteiger partial charge in [0, 0.05) is 51.4 Å². The number of hydrogen-bond acceptors (Lipinski definition) is 7. The van der Waals surface area contributed by atoms with E-state index in [1.165, 1.54) is 4.90 Å². The summed E-state index contributed by atoms with van der Waals surface area (Å²) in [5.41, 5.74) is -3.81. The quantitative estimate of drug-likeness (QED) is 0.519. The molecular weight excluding hydrogens is 411 g/mol. The van der Waals surface area contributed by atoms with Gasteiger partial charge in [-0.1, -0.05) is 0 Å². The topological polar surface area (TPSA) is 113 Å². The zero-order valence-electron chi connectivity index (χ0n) is 15.9. The van der Waals surface area contributed by atoms with Crippen LogP contribution in [0.4, 0.5) is 30.2 Å². The van der Waals surface area contributed by atoms with Crippen molar-refractivity contribution < 1.29 is 27.8 Å². The largest absolute Gasteiger partial charge is 0.416 e. The Morgan fingerprint density at radius 1 is 0.933 bits per heavy atom. The average Bonchev–Trinajstić information content (AvgIpc) is 3.21. The summed E-state index contributed by atoms with van der Waals surface area (Å²) in [6.07, 6.45) is -3.04. The maximum Gasteiger partial charge on any atom is 0.416 e. The number of likely N-dealkylation sites (tertiary alicyclic amines) is 1. The van der Waals surface area contributed by atoms with Crippen molar-refractivity contribution in [1.29, 1.82) is 0 Å². The first-order chi connectivity index (χ1) is 14.1. The van der Waals surface area contributed by atoms with Crippen LogP contribution in [0.5, 0.6) is 0 Å². The predicted molar refractivity (Wildman–Crippen MR) is 99.2 cm³/mol. The third kappa shape index (κ3) is 4.61. The SMILES string of the molecule is O=C(CN1CCN(c2c([N+](=O)[O-])cc(C(F)(F)F)cc2[N+](=O)[O-])CC1)N1CCCC1. The number of alkyl halides is 3. The van der Waals surface area contributed by atoms with Gasteiger partial charge in [0.05, 0.1) is 22.0 Å². The Labute approximate surface area is 169 Å². The zero-order chi connectivity index (χ0) is 22.1. The Hall–Kier alpha value is -2.96. The number of nitrogens with zero attached hydrogens (tertiary/aromatic N) is 5. The van der Waals surface area contributed by atoms with Crippen molar-refractivity contribution in [2.24, 2.45) is 0 Å². The smallest absolute Gasteiger partial charge is 0.358 e. The van der Waals surface area contributed by atoms with Gasteiger partial charge in [0.15, 0.2) is 5.69 Å². The summed E-state index contributed by atoms with van der Waals surface area (Å²) in [5.74, 6) is -0.0209. The summed E-state index contributed by atoms with van der Waals surface area (Å²) in [5, 5.41) is 22.8. The molecule has 0 atom stereocenters. The number of benzene rings is 1. The van der Waals surface area contributed by atoms with Crippen molar-refractivity contribution in [3.8, 4) is 0 Å². The minimum absolute atomic E-state index is 0.0209. The maximum atomic E-state index is 13.0. The van der Waals surface area contributed by atoms with Gasteiger partial charge in [0.2, 0.25) is 5.91 Å². The first-order valence-electron chi connectivity index (χ1n) is 9.37. The van der Waals surface area contributed by atoms with Gasteiger partial charge in [-0.25, -0.2) is 0 Å². The number of amides is 1. The summed E-state index contributed by atoms with van der Waals surface area (Å²) in [4.78, 5) is 37.9. The molecule has 0 bridgehead atoms. The Bertz CT molecular complexity index is 814. The van der Waals surface area contributed by atoms with E-state index >= 15 is 0 Å². The van der Waals surface area contributed by atoms with Crippen LogP contribution in [-0.4, -0.2) is 71.4 Å². The van der Waals surface area contributed by atoms with Gasteiger partial charge in [-0.3, -0.25) is 29.9 Å². The third-order valence-electron chi connectivity index (χ3n) is 5.30. The van der Waals surface area contributed by atoms with Crippen LogP contribution in [0, 0.1) is 20.2 Å². The highest BCUT2D eigenvalue weighted by molar-refractivity contribution is 5.79. The molecule has 2 heterocycles. The van der Waals surface area contributed by atoms with E-state index in [0.29, 0.717) is 38.3 Å². The van der Waals surface area contributed by atoms with Crippen molar-refractivity contribution in [2.45, 2.75) is 19.0 Å². The monoisotopic (exact) mass is 431 g/mol. The molecule has 0 radical (unpaired) electrons. The van der Waals surface area contributed by atoms with E-state index in [4.69, 9.17) is 0 Å². The van der Waals surface area contributed by atoms with E-state index in [2.05, 4.69) is 0 Å². The van der Waals surface area contributed by atoms with Crippen LogP contribution < -0.4 is 4.90 Å². The molecule has 0 aliphatic carbocycles. The van der Waals surface area contributed by atoms with Crippen LogP contribution in [0.1, 0.15) is 18.4 Å². The zero-order valence-corrected chi connectivity index (χ0v) is 15.9. The maximum absolute atomic E-state index is 13.0. The second-order valence-electron chi connectivity index (χ2n) is 7.23. The predicted octanol–water partition coefficient (Wildman–Crippen LogP) is 2.27. The lowest BCUT2D eigenvalue weighted by Gasteiger charge is -2.35. The van der Waals surface area contributed by atoms with Gasteiger partial charge < -0.3 is 9.80 Å². The van der Waals surface area contributed by atoms with Gasteiger partial charge in [-0.2, -0.15) is 13.2 Å². The molecule has 2 aliphatic heterocycles. The number of rotatable bonds is 5. The van der Waals surface area contributed by atoms with E-state index in [0.717, 1.165) is 12.8 Å².